The fourth-order valence-corrected chi connectivity index (χ4v) is 8.06. The first-order valence-corrected chi connectivity index (χ1v) is 17.6. The minimum absolute atomic E-state index is 0.123. The predicted molar refractivity (Wildman–Crippen MR) is 147 cm³/mol. The van der Waals surface area contributed by atoms with E-state index in [1.165, 1.54) is 5.56 Å². The smallest absolute Gasteiger partial charge is 0.192 e. The molecule has 0 amide bonds. The third-order valence-corrected chi connectivity index (χ3v) is 14.1. The van der Waals surface area contributed by atoms with E-state index in [4.69, 9.17) is 9.52 Å². The quantitative estimate of drug-likeness (QED) is 0.443. The van der Waals surface area contributed by atoms with Gasteiger partial charge in [-0.2, -0.15) is 5.10 Å². The van der Waals surface area contributed by atoms with Crippen molar-refractivity contribution >= 4 is 29.7 Å². The maximum Gasteiger partial charge on any atom is 0.192 e. The highest BCUT2D eigenvalue weighted by molar-refractivity contribution is 7.90. The van der Waals surface area contributed by atoms with Gasteiger partial charge in [0.2, 0.25) is 0 Å². The summed E-state index contributed by atoms with van der Waals surface area (Å²) < 4.78 is 33.0. The van der Waals surface area contributed by atoms with Crippen LogP contribution in [0.2, 0.25) is 18.1 Å². The van der Waals surface area contributed by atoms with Crippen LogP contribution in [0.25, 0.3) is 0 Å². The van der Waals surface area contributed by atoms with Crippen LogP contribution in [0.1, 0.15) is 89.1 Å². The van der Waals surface area contributed by atoms with Crippen LogP contribution in [0.15, 0.2) is 18.2 Å². The molecule has 1 aliphatic heterocycles. The lowest BCUT2D eigenvalue weighted by molar-refractivity contribution is 0.186. The standard InChI is InChI=1S/C27H43N3O3SSi/c1-18-24(19-11-13-23(15-19)33-35(8,9)27(5,6)7)29-30(26(2,3)4)25(18)28-22-12-10-20-16-34(31,32)17-21(20)14-22/h10,12,14,19,23,28H,11,13,15-17H2,1-9H3/t19-,23+/m0/s1. The number of aromatic nitrogens is 2. The van der Waals surface area contributed by atoms with Crippen molar-refractivity contribution in [3.63, 3.8) is 0 Å². The van der Waals surface area contributed by atoms with E-state index in [0.29, 0.717) is 12.0 Å². The zero-order valence-electron chi connectivity index (χ0n) is 22.9. The third-order valence-electron chi connectivity index (χ3n) is 8.05. The molecule has 1 aliphatic carbocycles. The minimum Gasteiger partial charge on any atom is -0.414 e. The minimum atomic E-state index is -3.02. The van der Waals surface area contributed by atoms with Crippen molar-refractivity contribution in [3.8, 4) is 0 Å². The van der Waals surface area contributed by atoms with Gasteiger partial charge in [0.25, 0.3) is 0 Å². The number of nitrogens with one attached hydrogen (secondary N) is 1. The number of hydrogen-bond donors (Lipinski definition) is 1. The van der Waals surface area contributed by atoms with Crippen molar-refractivity contribution in [2.24, 2.45) is 0 Å². The Labute approximate surface area is 212 Å². The average Bonchev–Trinajstić information content (AvgIpc) is 3.35. The van der Waals surface area contributed by atoms with E-state index in [1.807, 2.05) is 18.2 Å². The number of benzene rings is 1. The van der Waals surface area contributed by atoms with Gasteiger partial charge in [0, 0.05) is 23.3 Å². The van der Waals surface area contributed by atoms with Crippen LogP contribution in [0.3, 0.4) is 0 Å². The fourth-order valence-electron chi connectivity index (χ4n) is 5.06. The molecule has 0 spiro atoms. The lowest BCUT2D eigenvalue weighted by atomic mass is 10.0. The summed E-state index contributed by atoms with van der Waals surface area (Å²) in [5.41, 5.74) is 4.86. The Kier molecular flexibility index (Phi) is 6.59. The summed E-state index contributed by atoms with van der Waals surface area (Å²) in [6.07, 6.45) is 3.50. The Morgan fingerprint density at radius 1 is 1.06 bits per heavy atom. The lowest BCUT2D eigenvalue weighted by Gasteiger charge is -2.38. The molecule has 1 saturated carbocycles. The van der Waals surface area contributed by atoms with Gasteiger partial charge < -0.3 is 9.74 Å². The SMILES string of the molecule is Cc1c([C@H]2CC[C@@H](O[Si](C)(C)C(C)(C)C)C2)nn(C(C)(C)C)c1Nc1ccc2c(c1)CS(=O)(=O)C2. The first-order chi connectivity index (χ1) is 16.0. The molecule has 35 heavy (non-hydrogen) atoms. The number of sulfone groups is 1. The molecule has 1 aromatic heterocycles. The van der Waals surface area contributed by atoms with Crippen molar-refractivity contribution in [2.75, 3.05) is 5.32 Å². The molecule has 0 bridgehead atoms. The first-order valence-electron chi connectivity index (χ1n) is 12.8. The van der Waals surface area contributed by atoms with Crippen molar-refractivity contribution in [2.45, 2.75) is 115 Å². The highest BCUT2D eigenvalue weighted by atomic mass is 32.2. The molecule has 0 saturated heterocycles. The van der Waals surface area contributed by atoms with Crippen LogP contribution in [0, 0.1) is 6.92 Å². The summed E-state index contributed by atoms with van der Waals surface area (Å²) in [5, 5.41) is 8.96. The van der Waals surface area contributed by atoms with Gasteiger partial charge >= 0.3 is 0 Å². The maximum atomic E-state index is 12.1. The van der Waals surface area contributed by atoms with E-state index in [2.05, 4.69) is 71.6 Å². The van der Waals surface area contributed by atoms with Crippen LogP contribution in [-0.4, -0.2) is 32.6 Å². The van der Waals surface area contributed by atoms with Crippen molar-refractivity contribution in [1.82, 2.24) is 9.78 Å². The van der Waals surface area contributed by atoms with Gasteiger partial charge in [0.1, 0.15) is 5.82 Å². The Morgan fingerprint density at radius 3 is 2.34 bits per heavy atom. The molecule has 1 fully saturated rings. The van der Waals surface area contributed by atoms with E-state index in [0.717, 1.165) is 47.6 Å². The van der Waals surface area contributed by atoms with Crippen LogP contribution in [0.5, 0.6) is 0 Å². The number of nitrogens with zero attached hydrogens (tertiary/aromatic N) is 2. The van der Waals surface area contributed by atoms with E-state index in [-0.39, 0.29) is 22.1 Å². The number of fused-ring (bicyclic) bond motifs is 1. The Morgan fingerprint density at radius 2 is 1.71 bits per heavy atom. The van der Waals surface area contributed by atoms with Gasteiger partial charge in [-0.15, -0.1) is 0 Å². The number of anilines is 2. The molecule has 0 radical (unpaired) electrons. The molecule has 0 unspecified atom stereocenters. The van der Waals surface area contributed by atoms with E-state index in [9.17, 15) is 8.42 Å². The molecule has 1 aromatic carbocycles. The zero-order valence-corrected chi connectivity index (χ0v) is 24.8. The van der Waals surface area contributed by atoms with Crippen LogP contribution >= 0.6 is 0 Å². The average molecular weight is 518 g/mol. The number of rotatable bonds is 5. The van der Waals surface area contributed by atoms with Gasteiger partial charge in [0.15, 0.2) is 18.2 Å². The summed E-state index contributed by atoms with van der Waals surface area (Å²) in [4.78, 5) is 0. The van der Waals surface area contributed by atoms with Gasteiger partial charge in [-0.1, -0.05) is 26.8 Å². The predicted octanol–water partition coefficient (Wildman–Crippen LogP) is 6.78. The summed E-state index contributed by atoms with van der Waals surface area (Å²) in [5.74, 6) is 1.64. The van der Waals surface area contributed by atoms with Gasteiger partial charge in [-0.25, -0.2) is 13.1 Å². The monoisotopic (exact) mass is 517 g/mol. The van der Waals surface area contributed by atoms with Crippen LogP contribution < -0.4 is 5.32 Å². The van der Waals surface area contributed by atoms with Crippen molar-refractivity contribution in [3.05, 3.63) is 40.6 Å². The van der Waals surface area contributed by atoms with Gasteiger partial charge in [-0.05, 0) is 88.3 Å². The Hall–Kier alpha value is -1.64. The molecule has 8 heteroatoms. The highest BCUT2D eigenvalue weighted by Crippen LogP contribution is 2.44. The molecule has 2 aliphatic rings. The lowest BCUT2D eigenvalue weighted by Crippen LogP contribution is -2.43. The third kappa shape index (κ3) is 5.39. The first kappa shape index (κ1) is 26.4. The molecule has 2 heterocycles. The topological polar surface area (TPSA) is 73.2 Å². The largest absolute Gasteiger partial charge is 0.414 e. The second-order valence-corrected chi connectivity index (χ2v) is 19.9. The second-order valence-electron chi connectivity index (χ2n) is 13.1. The molecular weight excluding hydrogens is 474 g/mol. The molecule has 194 valence electrons. The van der Waals surface area contributed by atoms with Crippen LogP contribution in [0.4, 0.5) is 11.5 Å². The summed E-state index contributed by atoms with van der Waals surface area (Å²) >= 11 is 0. The Balaban J connectivity index is 1.60. The maximum absolute atomic E-state index is 12.1. The van der Waals surface area contributed by atoms with E-state index < -0.39 is 18.2 Å². The molecule has 1 N–H and O–H groups in total. The summed E-state index contributed by atoms with van der Waals surface area (Å²) in [6, 6.07) is 5.91. The van der Waals surface area contributed by atoms with E-state index >= 15 is 0 Å². The Bertz CT molecular complexity index is 1220. The summed E-state index contributed by atoms with van der Waals surface area (Å²) in [6.45, 7) is 20.2. The van der Waals surface area contributed by atoms with Crippen molar-refractivity contribution < 1.29 is 12.8 Å². The van der Waals surface area contributed by atoms with Crippen LogP contribution in [-0.2, 0) is 31.3 Å². The van der Waals surface area contributed by atoms with Gasteiger partial charge in [0.05, 0.1) is 22.7 Å². The number of hydrogen-bond acceptors (Lipinski definition) is 5. The molecule has 4 rings (SSSR count). The highest BCUT2D eigenvalue weighted by Gasteiger charge is 2.41. The fraction of sp³-hybridized carbons (Fsp3) is 0.667. The van der Waals surface area contributed by atoms with E-state index in [1.54, 1.807) is 0 Å². The second kappa shape index (κ2) is 8.73. The molecule has 2 aromatic rings. The zero-order chi connectivity index (χ0) is 26.0. The summed E-state index contributed by atoms with van der Waals surface area (Å²) in [7, 11) is -4.82. The molecule has 2 atom stereocenters. The molecular formula is C27H43N3O3SSi. The normalized spacial score (nSPS) is 22.4. The van der Waals surface area contributed by atoms with Crippen molar-refractivity contribution in [1.29, 1.82) is 0 Å². The van der Waals surface area contributed by atoms with Gasteiger partial charge in [-0.3, -0.25) is 0 Å². The molecule has 6 nitrogen and oxygen atoms in total.